The predicted molar refractivity (Wildman–Crippen MR) is 72.8 cm³/mol. The molecule has 18 heavy (non-hydrogen) atoms. The molecule has 0 atom stereocenters. The summed E-state index contributed by atoms with van der Waals surface area (Å²) in [6, 6.07) is 20.7. The highest BCUT2D eigenvalue weighted by molar-refractivity contribution is 5.34. The molecule has 2 nitrogen and oxygen atoms in total. The zero-order chi connectivity index (χ0) is 12.2. The lowest BCUT2D eigenvalue weighted by Crippen LogP contribution is -2.01. The maximum atomic E-state index is 4.45. The molecular weight excluding hydrogens is 220 g/mol. The molecule has 1 aromatic heterocycles. The van der Waals surface area contributed by atoms with Gasteiger partial charge in [-0.25, -0.2) is 4.98 Å². The fourth-order valence-electron chi connectivity index (χ4n) is 2.07. The number of hydrogen-bond donors (Lipinski definition) is 0. The molecule has 0 bridgehead atoms. The van der Waals surface area contributed by atoms with Gasteiger partial charge < -0.3 is 4.57 Å². The Morgan fingerprint density at radius 3 is 2.22 bits per heavy atom. The molecular formula is C16H14N2. The lowest BCUT2D eigenvalue weighted by molar-refractivity contribution is 0.914. The van der Waals surface area contributed by atoms with Gasteiger partial charge in [0.1, 0.15) is 5.82 Å². The van der Waals surface area contributed by atoms with E-state index >= 15 is 0 Å². The van der Waals surface area contributed by atoms with Crippen molar-refractivity contribution >= 4 is 0 Å². The minimum atomic E-state index is 0.850. The monoisotopic (exact) mass is 234 g/mol. The second-order valence-corrected chi connectivity index (χ2v) is 4.21. The normalized spacial score (nSPS) is 10.4. The van der Waals surface area contributed by atoms with Crippen LogP contribution in [0.15, 0.2) is 73.1 Å². The van der Waals surface area contributed by atoms with Crippen LogP contribution in [0, 0.1) is 0 Å². The molecule has 0 saturated heterocycles. The molecule has 2 heteroatoms. The van der Waals surface area contributed by atoms with Crippen molar-refractivity contribution in [3.8, 4) is 5.69 Å². The summed E-state index contributed by atoms with van der Waals surface area (Å²) in [5.41, 5.74) is 2.43. The van der Waals surface area contributed by atoms with Crippen LogP contribution in [0.2, 0.25) is 0 Å². The van der Waals surface area contributed by atoms with Crippen LogP contribution in [0.3, 0.4) is 0 Å². The smallest absolute Gasteiger partial charge is 0.117 e. The molecule has 1 heterocycles. The first-order valence-corrected chi connectivity index (χ1v) is 6.05. The SMILES string of the molecule is c1ccc(Cc2nccn2-c2ccccc2)cc1. The van der Waals surface area contributed by atoms with Crippen molar-refractivity contribution in [2.45, 2.75) is 6.42 Å². The maximum absolute atomic E-state index is 4.45. The first-order chi connectivity index (χ1) is 8.93. The highest BCUT2D eigenvalue weighted by Crippen LogP contribution is 2.13. The summed E-state index contributed by atoms with van der Waals surface area (Å²) < 4.78 is 2.13. The molecule has 0 N–H and O–H groups in total. The summed E-state index contributed by atoms with van der Waals surface area (Å²) in [4.78, 5) is 4.45. The van der Waals surface area contributed by atoms with Crippen LogP contribution in [0.1, 0.15) is 11.4 Å². The van der Waals surface area contributed by atoms with Gasteiger partial charge >= 0.3 is 0 Å². The number of para-hydroxylation sites is 1. The van der Waals surface area contributed by atoms with E-state index in [0.29, 0.717) is 0 Å². The number of imidazole rings is 1. The van der Waals surface area contributed by atoms with E-state index in [1.807, 2.05) is 36.7 Å². The van der Waals surface area contributed by atoms with Crippen LogP contribution < -0.4 is 0 Å². The summed E-state index contributed by atoms with van der Waals surface area (Å²) in [7, 11) is 0. The van der Waals surface area contributed by atoms with Crippen LogP contribution in [-0.4, -0.2) is 9.55 Å². The van der Waals surface area contributed by atoms with Gasteiger partial charge in [0.2, 0.25) is 0 Å². The average Bonchev–Trinajstić information content (AvgIpc) is 2.89. The van der Waals surface area contributed by atoms with Crippen LogP contribution >= 0.6 is 0 Å². The molecule has 0 aliphatic rings. The number of nitrogens with zero attached hydrogens (tertiary/aromatic N) is 2. The lowest BCUT2D eigenvalue weighted by Gasteiger charge is -2.07. The zero-order valence-electron chi connectivity index (χ0n) is 10.0. The number of rotatable bonds is 3. The maximum Gasteiger partial charge on any atom is 0.117 e. The van der Waals surface area contributed by atoms with Crippen molar-refractivity contribution in [1.29, 1.82) is 0 Å². The van der Waals surface area contributed by atoms with Gasteiger partial charge in [0.15, 0.2) is 0 Å². The number of benzene rings is 2. The first-order valence-electron chi connectivity index (χ1n) is 6.05. The summed E-state index contributed by atoms with van der Waals surface area (Å²) in [6.45, 7) is 0. The fraction of sp³-hybridized carbons (Fsp3) is 0.0625. The third-order valence-corrected chi connectivity index (χ3v) is 2.96. The first kappa shape index (κ1) is 10.8. The van der Waals surface area contributed by atoms with E-state index in [2.05, 4.69) is 45.9 Å². The molecule has 0 radical (unpaired) electrons. The minimum Gasteiger partial charge on any atom is -0.303 e. The van der Waals surface area contributed by atoms with Crippen LogP contribution in [0.4, 0.5) is 0 Å². The minimum absolute atomic E-state index is 0.850. The quantitative estimate of drug-likeness (QED) is 0.678. The van der Waals surface area contributed by atoms with Crippen molar-refractivity contribution in [1.82, 2.24) is 9.55 Å². The molecule has 0 saturated carbocycles. The van der Waals surface area contributed by atoms with Crippen molar-refractivity contribution in [3.05, 3.63) is 84.4 Å². The van der Waals surface area contributed by atoms with E-state index in [0.717, 1.165) is 17.9 Å². The highest BCUT2D eigenvalue weighted by atomic mass is 15.1. The Hall–Kier alpha value is -2.35. The van der Waals surface area contributed by atoms with Gasteiger partial charge in [-0.1, -0.05) is 48.5 Å². The fourth-order valence-corrected chi connectivity index (χ4v) is 2.07. The van der Waals surface area contributed by atoms with Crippen LogP contribution in [0.25, 0.3) is 5.69 Å². The van der Waals surface area contributed by atoms with E-state index in [9.17, 15) is 0 Å². The largest absolute Gasteiger partial charge is 0.303 e. The van der Waals surface area contributed by atoms with Crippen LogP contribution in [0.5, 0.6) is 0 Å². The number of aromatic nitrogens is 2. The highest BCUT2D eigenvalue weighted by Gasteiger charge is 2.05. The molecule has 2 aromatic carbocycles. The Bertz CT molecular complexity index is 612. The van der Waals surface area contributed by atoms with E-state index in [1.165, 1.54) is 5.56 Å². The average molecular weight is 234 g/mol. The van der Waals surface area contributed by atoms with E-state index in [4.69, 9.17) is 0 Å². The summed E-state index contributed by atoms with van der Waals surface area (Å²) in [5, 5.41) is 0. The van der Waals surface area contributed by atoms with Crippen molar-refractivity contribution in [2.75, 3.05) is 0 Å². The van der Waals surface area contributed by atoms with Crippen molar-refractivity contribution < 1.29 is 0 Å². The molecule has 3 rings (SSSR count). The topological polar surface area (TPSA) is 17.8 Å². The van der Waals surface area contributed by atoms with Crippen molar-refractivity contribution in [3.63, 3.8) is 0 Å². The van der Waals surface area contributed by atoms with Gasteiger partial charge in [0, 0.05) is 24.5 Å². The van der Waals surface area contributed by atoms with Crippen molar-refractivity contribution in [2.24, 2.45) is 0 Å². The summed E-state index contributed by atoms with van der Waals surface area (Å²) in [5.74, 6) is 1.06. The molecule has 0 spiro atoms. The van der Waals surface area contributed by atoms with E-state index in [1.54, 1.807) is 0 Å². The van der Waals surface area contributed by atoms with Gasteiger partial charge in [-0.3, -0.25) is 0 Å². The molecule has 0 aliphatic carbocycles. The third kappa shape index (κ3) is 2.18. The second-order valence-electron chi connectivity index (χ2n) is 4.21. The number of hydrogen-bond acceptors (Lipinski definition) is 1. The summed E-state index contributed by atoms with van der Waals surface area (Å²) in [6.07, 6.45) is 4.71. The molecule has 0 amide bonds. The standard InChI is InChI=1S/C16H14N2/c1-3-7-14(8-4-1)13-16-17-11-12-18(16)15-9-5-2-6-10-15/h1-12H,13H2. The Kier molecular flexibility index (Phi) is 2.92. The lowest BCUT2D eigenvalue weighted by atomic mass is 10.1. The second kappa shape index (κ2) is 4.88. The van der Waals surface area contributed by atoms with E-state index in [-0.39, 0.29) is 0 Å². The Labute approximate surface area is 107 Å². The van der Waals surface area contributed by atoms with Gasteiger partial charge in [-0.05, 0) is 17.7 Å². The van der Waals surface area contributed by atoms with Gasteiger partial charge in [-0.2, -0.15) is 0 Å². The molecule has 88 valence electrons. The summed E-state index contributed by atoms with van der Waals surface area (Å²) >= 11 is 0. The van der Waals surface area contributed by atoms with Gasteiger partial charge in [0.05, 0.1) is 0 Å². The molecule has 0 fully saturated rings. The Balaban J connectivity index is 1.93. The van der Waals surface area contributed by atoms with Crippen LogP contribution in [-0.2, 0) is 6.42 Å². The molecule has 0 unspecified atom stereocenters. The van der Waals surface area contributed by atoms with E-state index < -0.39 is 0 Å². The third-order valence-electron chi connectivity index (χ3n) is 2.96. The zero-order valence-corrected chi connectivity index (χ0v) is 10.0. The Morgan fingerprint density at radius 2 is 1.50 bits per heavy atom. The molecule has 3 aromatic rings. The van der Waals surface area contributed by atoms with Gasteiger partial charge in [0.25, 0.3) is 0 Å². The van der Waals surface area contributed by atoms with Gasteiger partial charge in [-0.15, -0.1) is 0 Å². The predicted octanol–water partition coefficient (Wildman–Crippen LogP) is 3.46. The molecule has 0 aliphatic heterocycles. The Morgan fingerprint density at radius 1 is 0.833 bits per heavy atom.